The first-order valence-corrected chi connectivity index (χ1v) is 10.3. The lowest BCUT2D eigenvalue weighted by atomic mass is 10.0. The molecule has 0 unspecified atom stereocenters. The summed E-state index contributed by atoms with van der Waals surface area (Å²) >= 11 is 0. The van der Waals surface area contributed by atoms with Crippen molar-refractivity contribution < 1.29 is 8.42 Å². The van der Waals surface area contributed by atoms with Crippen LogP contribution in [0, 0.1) is 0 Å². The number of hydrogen-bond donors (Lipinski definition) is 1. The second-order valence-corrected chi connectivity index (χ2v) is 8.61. The number of benzene rings is 1. The standard InChI is InChI=1S/C18H30N4O2S/c1-5-14-25(23,24)19-15-18(22-12-10-21(4)11-13-22)16-6-8-17(9-7-16)20(2)3/h5-9,18-19H,1,10-15H2,2-4H3/t18-/m1/s1. The molecule has 1 heterocycles. The van der Waals surface area contributed by atoms with Crippen LogP contribution in [-0.2, 0) is 10.0 Å². The summed E-state index contributed by atoms with van der Waals surface area (Å²) in [5.74, 6) is -0.0535. The Hall–Kier alpha value is -1.41. The summed E-state index contributed by atoms with van der Waals surface area (Å²) in [6.45, 7) is 7.74. The lowest BCUT2D eigenvalue weighted by molar-refractivity contribution is 0.113. The zero-order valence-corrected chi connectivity index (χ0v) is 16.3. The van der Waals surface area contributed by atoms with Crippen molar-refractivity contribution in [2.45, 2.75) is 6.04 Å². The molecular formula is C18H30N4O2S. The molecule has 0 aromatic heterocycles. The predicted octanol–water partition coefficient (Wildman–Crippen LogP) is 1.15. The number of rotatable bonds is 8. The fourth-order valence-electron chi connectivity index (χ4n) is 3.01. The van der Waals surface area contributed by atoms with Gasteiger partial charge >= 0.3 is 0 Å². The van der Waals surface area contributed by atoms with Crippen molar-refractivity contribution in [1.82, 2.24) is 14.5 Å². The topological polar surface area (TPSA) is 55.9 Å². The van der Waals surface area contributed by atoms with Gasteiger partial charge in [-0.05, 0) is 24.7 Å². The summed E-state index contributed by atoms with van der Waals surface area (Å²) < 4.78 is 26.8. The average Bonchev–Trinajstić information content (AvgIpc) is 2.57. The average molecular weight is 367 g/mol. The Morgan fingerprint density at radius 3 is 2.32 bits per heavy atom. The number of sulfonamides is 1. The zero-order chi connectivity index (χ0) is 18.4. The third-order valence-electron chi connectivity index (χ3n) is 4.61. The Labute approximate surface area is 152 Å². The summed E-state index contributed by atoms with van der Waals surface area (Å²) in [6.07, 6.45) is 1.42. The highest BCUT2D eigenvalue weighted by Crippen LogP contribution is 2.24. The molecule has 0 radical (unpaired) electrons. The van der Waals surface area contributed by atoms with Gasteiger partial charge in [0.25, 0.3) is 0 Å². The maximum absolute atomic E-state index is 12.0. The quantitative estimate of drug-likeness (QED) is 0.700. The molecule has 6 nitrogen and oxygen atoms in total. The van der Waals surface area contributed by atoms with Crippen molar-refractivity contribution >= 4 is 15.7 Å². The molecule has 1 N–H and O–H groups in total. The highest BCUT2D eigenvalue weighted by molar-refractivity contribution is 7.89. The summed E-state index contributed by atoms with van der Waals surface area (Å²) in [5, 5.41) is 0. The van der Waals surface area contributed by atoms with Crippen molar-refractivity contribution in [1.29, 1.82) is 0 Å². The van der Waals surface area contributed by atoms with Crippen LogP contribution in [0.1, 0.15) is 11.6 Å². The van der Waals surface area contributed by atoms with Crippen molar-refractivity contribution in [2.75, 3.05) is 64.5 Å². The van der Waals surface area contributed by atoms with Crippen molar-refractivity contribution in [3.05, 3.63) is 42.5 Å². The molecule has 2 rings (SSSR count). The summed E-state index contributed by atoms with van der Waals surface area (Å²) in [4.78, 5) is 6.72. The fraction of sp³-hybridized carbons (Fsp3) is 0.556. The number of nitrogens with zero attached hydrogens (tertiary/aromatic N) is 3. The van der Waals surface area contributed by atoms with E-state index < -0.39 is 10.0 Å². The van der Waals surface area contributed by atoms with Crippen LogP contribution >= 0.6 is 0 Å². The van der Waals surface area contributed by atoms with Gasteiger partial charge in [0, 0.05) is 58.5 Å². The van der Waals surface area contributed by atoms with Gasteiger partial charge in [0.05, 0.1) is 5.75 Å². The molecule has 1 aromatic carbocycles. The molecule has 7 heteroatoms. The zero-order valence-electron chi connectivity index (χ0n) is 15.5. The fourth-order valence-corrected chi connectivity index (χ4v) is 3.85. The molecule has 0 amide bonds. The first-order chi connectivity index (χ1) is 11.8. The van der Waals surface area contributed by atoms with E-state index in [-0.39, 0.29) is 11.8 Å². The minimum Gasteiger partial charge on any atom is -0.378 e. The molecule has 1 fully saturated rings. The van der Waals surface area contributed by atoms with Crippen LogP contribution in [0.2, 0.25) is 0 Å². The van der Waals surface area contributed by atoms with E-state index in [1.54, 1.807) is 0 Å². The SMILES string of the molecule is C=CCS(=O)(=O)NC[C@H](c1ccc(N(C)C)cc1)N1CCN(C)CC1. The van der Waals surface area contributed by atoms with E-state index in [2.05, 4.69) is 57.3 Å². The Bertz CT molecular complexity index is 650. The molecule has 0 spiro atoms. The first kappa shape index (κ1) is 19.9. The van der Waals surface area contributed by atoms with Crippen LogP contribution in [0.3, 0.4) is 0 Å². The van der Waals surface area contributed by atoms with Crippen LogP contribution in [0.15, 0.2) is 36.9 Å². The molecule has 0 bridgehead atoms. The molecule has 1 aliphatic rings. The maximum atomic E-state index is 12.0. The number of likely N-dealkylation sites (N-methyl/N-ethyl adjacent to an activating group) is 1. The van der Waals surface area contributed by atoms with E-state index in [1.807, 2.05) is 14.1 Å². The van der Waals surface area contributed by atoms with Gasteiger partial charge in [-0.2, -0.15) is 0 Å². The molecule has 140 valence electrons. The summed E-state index contributed by atoms with van der Waals surface area (Å²) in [5.41, 5.74) is 2.27. The Morgan fingerprint density at radius 1 is 1.20 bits per heavy atom. The number of nitrogens with one attached hydrogen (secondary N) is 1. The monoisotopic (exact) mass is 366 g/mol. The molecule has 1 atom stereocenters. The maximum Gasteiger partial charge on any atom is 0.215 e. The first-order valence-electron chi connectivity index (χ1n) is 8.60. The van der Waals surface area contributed by atoms with Crippen molar-refractivity contribution in [3.63, 3.8) is 0 Å². The number of hydrogen-bond acceptors (Lipinski definition) is 5. The Morgan fingerprint density at radius 2 is 1.80 bits per heavy atom. The predicted molar refractivity (Wildman–Crippen MR) is 105 cm³/mol. The second-order valence-electron chi connectivity index (χ2n) is 6.76. The van der Waals surface area contributed by atoms with E-state index in [1.165, 1.54) is 6.08 Å². The van der Waals surface area contributed by atoms with Crippen molar-refractivity contribution in [3.8, 4) is 0 Å². The van der Waals surface area contributed by atoms with E-state index in [9.17, 15) is 8.42 Å². The van der Waals surface area contributed by atoms with Gasteiger partial charge in [0.15, 0.2) is 0 Å². The lowest BCUT2D eigenvalue weighted by Gasteiger charge is -2.38. The van der Waals surface area contributed by atoms with E-state index in [4.69, 9.17) is 0 Å². The van der Waals surface area contributed by atoms with Crippen LogP contribution in [-0.4, -0.2) is 77.8 Å². The highest BCUT2D eigenvalue weighted by Gasteiger charge is 2.25. The largest absolute Gasteiger partial charge is 0.378 e. The number of piperazine rings is 1. The van der Waals surface area contributed by atoms with E-state index in [0.29, 0.717) is 6.54 Å². The van der Waals surface area contributed by atoms with Gasteiger partial charge in [-0.15, -0.1) is 6.58 Å². The molecule has 1 aromatic rings. The smallest absolute Gasteiger partial charge is 0.215 e. The molecule has 1 saturated heterocycles. The summed E-state index contributed by atoms with van der Waals surface area (Å²) in [7, 11) is 2.82. The summed E-state index contributed by atoms with van der Waals surface area (Å²) in [6, 6.07) is 8.39. The molecule has 0 saturated carbocycles. The Balaban J connectivity index is 2.17. The van der Waals surface area contributed by atoms with Gasteiger partial charge in [-0.3, -0.25) is 4.90 Å². The van der Waals surface area contributed by atoms with E-state index >= 15 is 0 Å². The van der Waals surface area contributed by atoms with Gasteiger partial charge in [-0.25, -0.2) is 13.1 Å². The second kappa shape index (κ2) is 8.80. The third-order valence-corrected chi connectivity index (χ3v) is 5.89. The lowest BCUT2D eigenvalue weighted by Crippen LogP contribution is -2.48. The molecule has 0 aliphatic carbocycles. The van der Waals surface area contributed by atoms with Gasteiger partial charge in [0.1, 0.15) is 0 Å². The van der Waals surface area contributed by atoms with Gasteiger partial charge in [0.2, 0.25) is 10.0 Å². The highest BCUT2D eigenvalue weighted by atomic mass is 32.2. The normalized spacial score (nSPS) is 18.0. The molecule has 25 heavy (non-hydrogen) atoms. The van der Waals surface area contributed by atoms with Crippen LogP contribution in [0.4, 0.5) is 5.69 Å². The minimum atomic E-state index is -3.32. The van der Waals surface area contributed by atoms with Gasteiger partial charge < -0.3 is 9.80 Å². The number of anilines is 1. The van der Waals surface area contributed by atoms with Crippen LogP contribution < -0.4 is 9.62 Å². The van der Waals surface area contributed by atoms with Crippen molar-refractivity contribution in [2.24, 2.45) is 0 Å². The third kappa shape index (κ3) is 5.81. The molecule has 1 aliphatic heterocycles. The van der Waals surface area contributed by atoms with E-state index in [0.717, 1.165) is 37.4 Å². The van der Waals surface area contributed by atoms with Crippen LogP contribution in [0.25, 0.3) is 0 Å². The Kier molecular flexibility index (Phi) is 7.01. The van der Waals surface area contributed by atoms with Gasteiger partial charge in [-0.1, -0.05) is 18.2 Å². The minimum absolute atomic E-state index is 0.0319. The molecular weight excluding hydrogens is 336 g/mol. The van der Waals surface area contributed by atoms with Crippen LogP contribution in [0.5, 0.6) is 0 Å².